The molecule has 0 aromatic heterocycles. The Morgan fingerprint density at radius 3 is 2.72 bits per heavy atom. The maximum atomic E-state index is 11.9. The minimum absolute atomic E-state index is 0.00335. The van der Waals surface area contributed by atoms with E-state index in [4.69, 9.17) is 4.74 Å². The van der Waals surface area contributed by atoms with Gasteiger partial charge in [0.15, 0.2) is 0 Å². The van der Waals surface area contributed by atoms with E-state index in [-0.39, 0.29) is 29.8 Å². The van der Waals surface area contributed by atoms with E-state index in [1.165, 1.54) is 5.57 Å². The molecule has 140 valence electrons. The van der Waals surface area contributed by atoms with Crippen molar-refractivity contribution in [1.29, 1.82) is 0 Å². The molecule has 0 amide bonds. The van der Waals surface area contributed by atoms with Crippen molar-refractivity contribution in [2.45, 2.75) is 59.0 Å². The van der Waals surface area contributed by atoms with Gasteiger partial charge in [0.1, 0.15) is 6.61 Å². The topological polar surface area (TPSA) is 66.8 Å². The summed E-state index contributed by atoms with van der Waals surface area (Å²) >= 11 is 0. The summed E-state index contributed by atoms with van der Waals surface area (Å²) in [4.78, 5) is 11.9. The number of carbonyl (C=O) groups excluding carboxylic acids is 1. The van der Waals surface area contributed by atoms with Gasteiger partial charge in [0.25, 0.3) is 0 Å². The Morgan fingerprint density at radius 2 is 2.12 bits per heavy atom. The van der Waals surface area contributed by atoms with E-state index in [1.54, 1.807) is 0 Å². The quantitative estimate of drug-likeness (QED) is 0.605. The van der Waals surface area contributed by atoms with Crippen LogP contribution >= 0.6 is 0 Å². The van der Waals surface area contributed by atoms with Gasteiger partial charge in [0, 0.05) is 11.0 Å². The van der Waals surface area contributed by atoms with Gasteiger partial charge in [-0.05, 0) is 61.3 Å². The lowest BCUT2D eigenvalue weighted by molar-refractivity contribution is -0.153. The minimum atomic E-state index is -0.458. The number of hydrogen-bond donors (Lipinski definition) is 2. The Hall–Kier alpha value is -1.13. The molecule has 2 aliphatic carbocycles. The highest BCUT2D eigenvalue weighted by Gasteiger charge is 2.57. The zero-order valence-corrected chi connectivity index (χ0v) is 15.8. The number of rotatable bonds is 4. The van der Waals surface area contributed by atoms with Crippen LogP contribution in [0.5, 0.6) is 0 Å². The van der Waals surface area contributed by atoms with Gasteiger partial charge in [0.2, 0.25) is 0 Å². The van der Waals surface area contributed by atoms with Gasteiger partial charge in [-0.15, -0.1) is 0 Å². The van der Waals surface area contributed by atoms with Crippen LogP contribution in [-0.2, 0) is 9.53 Å². The summed E-state index contributed by atoms with van der Waals surface area (Å²) in [5.74, 6) is 0.518. The number of hydrogen-bond acceptors (Lipinski definition) is 4. The van der Waals surface area contributed by atoms with Crippen molar-refractivity contribution < 1.29 is 19.7 Å². The third-order valence-electron chi connectivity index (χ3n) is 7.57. The van der Waals surface area contributed by atoms with E-state index in [9.17, 15) is 15.0 Å². The van der Waals surface area contributed by atoms with Crippen LogP contribution in [0.1, 0.15) is 52.9 Å². The van der Waals surface area contributed by atoms with Crippen LogP contribution < -0.4 is 0 Å². The van der Waals surface area contributed by atoms with E-state index < -0.39 is 11.5 Å². The van der Waals surface area contributed by atoms with Crippen LogP contribution in [0.3, 0.4) is 0 Å². The normalized spacial score (nSPS) is 42.6. The van der Waals surface area contributed by atoms with E-state index in [2.05, 4.69) is 20.4 Å². The Balaban J connectivity index is 1.88. The summed E-state index contributed by atoms with van der Waals surface area (Å²) in [6, 6.07) is 0. The smallest absolute Gasteiger partial charge is 0.334 e. The van der Waals surface area contributed by atoms with Crippen molar-refractivity contribution in [3.8, 4) is 0 Å². The van der Waals surface area contributed by atoms with Gasteiger partial charge < -0.3 is 14.9 Å². The van der Waals surface area contributed by atoms with Crippen molar-refractivity contribution in [2.75, 3.05) is 13.2 Å². The Labute approximate surface area is 151 Å². The number of aliphatic hydroxyl groups excluding tert-OH is 2. The first-order chi connectivity index (χ1) is 11.7. The summed E-state index contributed by atoms with van der Waals surface area (Å²) < 4.78 is 5.08. The molecule has 3 aliphatic rings. The predicted octanol–water partition coefficient (Wildman–Crippen LogP) is 3.24. The van der Waals surface area contributed by atoms with Crippen molar-refractivity contribution in [1.82, 2.24) is 0 Å². The molecule has 3 rings (SSSR count). The van der Waals surface area contributed by atoms with E-state index >= 15 is 0 Å². The van der Waals surface area contributed by atoms with Gasteiger partial charge >= 0.3 is 5.97 Å². The molecule has 4 nitrogen and oxygen atoms in total. The molecule has 2 unspecified atom stereocenters. The van der Waals surface area contributed by atoms with Crippen LogP contribution in [0.25, 0.3) is 0 Å². The molecule has 25 heavy (non-hydrogen) atoms. The summed E-state index contributed by atoms with van der Waals surface area (Å²) in [5.41, 5.74) is 1.60. The highest BCUT2D eigenvalue weighted by atomic mass is 16.5. The zero-order valence-electron chi connectivity index (χ0n) is 15.8. The third kappa shape index (κ3) is 2.87. The molecule has 0 saturated heterocycles. The fourth-order valence-electron chi connectivity index (χ4n) is 5.89. The molecule has 0 bridgehead atoms. The summed E-state index contributed by atoms with van der Waals surface area (Å²) in [7, 11) is 0. The zero-order chi connectivity index (χ0) is 18.4. The first-order valence-corrected chi connectivity index (χ1v) is 9.57. The fourth-order valence-corrected chi connectivity index (χ4v) is 5.89. The number of carbonyl (C=O) groups is 1. The van der Waals surface area contributed by atoms with Crippen LogP contribution in [0, 0.1) is 28.6 Å². The van der Waals surface area contributed by atoms with Gasteiger partial charge in [-0.2, -0.15) is 0 Å². The van der Waals surface area contributed by atoms with Crippen LogP contribution in [-0.4, -0.2) is 35.5 Å². The van der Waals surface area contributed by atoms with E-state index in [0.717, 1.165) is 31.3 Å². The molecular weight excluding hydrogens is 316 g/mol. The molecule has 2 saturated carbocycles. The number of fused-ring (bicyclic) bond motifs is 1. The maximum absolute atomic E-state index is 11.9. The maximum Gasteiger partial charge on any atom is 0.334 e. The molecule has 1 heterocycles. The Bertz CT molecular complexity index is 595. The first kappa shape index (κ1) is 18.7. The molecule has 0 radical (unpaired) electrons. The van der Waals surface area contributed by atoms with E-state index in [0.29, 0.717) is 18.9 Å². The largest absolute Gasteiger partial charge is 0.458 e. The van der Waals surface area contributed by atoms with Crippen molar-refractivity contribution in [3.05, 3.63) is 23.8 Å². The first-order valence-electron chi connectivity index (χ1n) is 9.57. The fraction of sp³-hybridized carbons (Fsp3) is 0.762. The van der Waals surface area contributed by atoms with Crippen LogP contribution in [0.2, 0.25) is 0 Å². The number of esters is 1. The summed E-state index contributed by atoms with van der Waals surface area (Å²) in [6.45, 7) is 11.2. The van der Waals surface area contributed by atoms with Gasteiger partial charge in [-0.1, -0.05) is 32.9 Å². The lowest BCUT2D eigenvalue weighted by atomic mass is 9.45. The van der Waals surface area contributed by atoms with Crippen LogP contribution in [0.15, 0.2) is 23.8 Å². The number of ether oxygens (including phenoxy) is 1. The number of aliphatic hydroxyl groups is 2. The van der Waals surface area contributed by atoms with Gasteiger partial charge in [-0.25, -0.2) is 4.79 Å². The SMILES string of the molecule is C=C1CCC2[C@](C)(CO)[C@H](O)CC[C@]2(C)[C@@H]1CC(C)C1=CCOC1=O. The molecule has 6 atom stereocenters. The van der Waals surface area contributed by atoms with Crippen LogP contribution in [0.4, 0.5) is 0 Å². The Kier molecular flexibility index (Phi) is 4.89. The standard InChI is InChI=1S/C21H32O4/c1-13-5-6-17-20(3,9-7-18(23)21(17,4)12-22)16(13)11-14(2)15-8-10-25-19(15)24/h8,14,16-18,22-23H,1,5-7,9-12H2,2-4H3/t14?,16-,17?,18-,20-,21+/m1/s1. The van der Waals surface area contributed by atoms with Gasteiger partial charge in [0.05, 0.1) is 12.7 Å². The molecule has 2 fully saturated rings. The average Bonchev–Trinajstić information content (AvgIpc) is 3.01. The monoisotopic (exact) mass is 348 g/mol. The van der Waals surface area contributed by atoms with Gasteiger partial charge in [-0.3, -0.25) is 0 Å². The lowest BCUT2D eigenvalue weighted by Crippen LogP contribution is -2.57. The van der Waals surface area contributed by atoms with E-state index in [1.807, 2.05) is 13.0 Å². The minimum Gasteiger partial charge on any atom is -0.458 e. The average molecular weight is 348 g/mol. The molecule has 0 spiro atoms. The van der Waals surface area contributed by atoms with Crippen molar-refractivity contribution in [2.24, 2.45) is 28.6 Å². The second-order valence-corrected chi connectivity index (χ2v) is 8.92. The van der Waals surface area contributed by atoms with Crippen molar-refractivity contribution >= 4 is 5.97 Å². The summed E-state index contributed by atoms with van der Waals surface area (Å²) in [5, 5.41) is 20.6. The molecule has 1 aliphatic heterocycles. The second kappa shape index (κ2) is 6.55. The molecular formula is C21H32O4. The lowest BCUT2D eigenvalue weighted by Gasteiger charge is -2.60. The Morgan fingerprint density at radius 1 is 1.40 bits per heavy atom. The second-order valence-electron chi connectivity index (χ2n) is 8.92. The third-order valence-corrected chi connectivity index (χ3v) is 7.57. The predicted molar refractivity (Wildman–Crippen MR) is 96.7 cm³/mol. The molecule has 0 aromatic carbocycles. The summed E-state index contributed by atoms with van der Waals surface area (Å²) in [6.07, 6.45) is 5.89. The highest BCUT2D eigenvalue weighted by Crippen LogP contribution is 2.62. The molecule has 2 N–H and O–H groups in total. The number of cyclic esters (lactones) is 1. The van der Waals surface area contributed by atoms with Crippen molar-refractivity contribution in [3.63, 3.8) is 0 Å². The number of allylic oxidation sites excluding steroid dienone is 1. The molecule has 4 heteroatoms. The highest BCUT2D eigenvalue weighted by molar-refractivity contribution is 5.90. The molecule has 0 aromatic rings.